The molecule has 2 saturated heterocycles. The van der Waals surface area contributed by atoms with Crippen LogP contribution >= 0.6 is 0 Å². The van der Waals surface area contributed by atoms with E-state index in [0.29, 0.717) is 6.04 Å². The van der Waals surface area contributed by atoms with Gasteiger partial charge < -0.3 is 15.2 Å². The molecule has 0 aromatic heterocycles. The number of carbonyl (C=O) groups is 1. The van der Waals surface area contributed by atoms with Gasteiger partial charge >= 0.3 is 5.97 Å². The van der Waals surface area contributed by atoms with Crippen LogP contribution in [0.2, 0.25) is 0 Å². The topological polar surface area (TPSA) is 61.8 Å². The molecule has 2 fully saturated rings. The fourth-order valence-electron chi connectivity index (χ4n) is 2.47. The van der Waals surface area contributed by atoms with Crippen LogP contribution in [-0.2, 0) is 9.53 Å². The van der Waals surface area contributed by atoms with Crippen LogP contribution in [0.15, 0.2) is 0 Å². The van der Waals surface area contributed by atoms with Crippen molar-refractivity contribution in [3.63, 3.8) is 0 Å². The molecule has 2 rings (SSSR count). The molecule has 2 atom stereocenters. The molecule has 16 heavy (non-hydrogen) atoms. The Morgan fingerprint density at radius 3 is 2.88 bits per heavy atom. The number of aliphatic carboxylic acids is 1. The molecule has 2 heterocycles. The summed E-state index contributed by atoms with van der Waals surface area (Å²) < 4.78 is 5.29. The predicted octanol–water partition coefficient (Wildman–Crippen LogP) is -0.229. The van der Waals surface area contributed by atoms with Crippen molar-refractivity contribution in [1.82, 2.24) is 10.2 Å². The van der Waals surface area contributed by atoms with Crippen LogP contribution in [0, 0.1) is 5.92 Å². The van der Waals surface area contributed by atoms with Crippen LogP contribution in [0.3, 0.4) is 0 Å². The normalized spacial score (nSPS) is 32.5. The summed E-state index contributed by atoms with van der Waals surface area (Å²) in [5.41, 5.74) is 0. The zero-order valence-corrected chi connectivity index (χ0v) is 9.52. The molecule has 0 radical (unpaired) electrons. The van der Waals surface area contributed by atoms with Gasteiger partial charge in [0, 0.05) is 25.7 Å². The second-order valence-electron chi connectivity index (χ2n) is 4.62. The summed E-state index contributed by atoms with van der Waals surface area (Å²) in [6, 6.07) is 0.327. The summed E-state index contributed by atoms with van der Waals surface area (Å²) in [5.74, 6) is -0.805. The van der Waals surface area contributed by atoms with E-state index >= 15 is 0 Å². The minimum Gasteiger partial charge on any atom is -0.481 e. The molecule has 2 N–H and O–H groups in total. The predicted molar refractivity (Wildman–Crippen MR) is 59.4 cm³/mol. The minimum absolute atomic E-state index is 0.160. The molecule has 0 amide bonds. The Kier molecular flexibility index (Phi) is 4.15. The van der Waals surface area contributed by atoms with Crippen LogP contribution in [0.4, 0.5) is 0 Å². The molecule has 0 bridgehead atoms. The number of hydrogen-bond donors (Lipinski definition) is 2. The van der Waals surface area contributed by atoms with Crippen LogP contribution in [0.5, 0.6) is 0 Å². The first kappa shape index (κ1) is 11.8. The van der Waals surface area contributed by atoms with Gasteiger partial charge in [-0.2, -0.15) is 0 Å². The molecule has 92 valence electrons. The Morgan fingerprint density at radius 2 is 2.19 bits per heavy atom. The Bertz CT molecular complexity index is 241. The van der Waals surface area contributed by atoms with E-state index in [9.17, 15) is 4.79 Å². The molecule has 2 aliphatic rings. The highest BCUT2D eigenvalue weighted by atomic mass is 16.5. The Labute approximate surface area is 95.8 Å². The smallest absolute Gasteiger partial charge is 0.306 e. The summed E-state index contributed by atoms with van der Waals surface area (Å²) in [4.78, 5) is 13.3. The van der Waals surface area contributed by atoms with Gasteiger partial charge in [-0.3, -0.25) is 9.69 Å². The van der Waals surface area contributed by atoms with Gasteiger partial charge in [0.05, 0.1) is 19.1 Å². The van der Waals surface area contributed by atoms with Gasteiger partial charge in [0.15, 0.2) is 0 Å². The number of hydrogen-bond acceptors (Lipinski definition) is 4. The molecule has 2 aliphatic heterocycles. The third kappa shape index (κ3) is 3.17. The molecule has 5 nitrogen and oxygen atoms in total. The highest BCUT2D eigenvalue weighted by molar-refractivity contribution is 5.70. The van der Waals surface area contributed by atoms with Crippen molar-refractivity contribution >= 4 is 5.97 Å². The second kappa shape index (κ2) is 5.61. The van der Waals surface area contributed by atoms with Gasteiger partial charge in [-0.15, -0.1) is 0 Å². The largest absolute Gasteiger partial charge is 0.481 e. The number of nitrogens with one attached hydrogen (secondary N) is 1. The number of nitrogens with zero attached hydrogens (tertiary/aromatic N) is 1. The monoisotopic (exact) mass is 228 g/mol. The maximum absolute atomic E-state index is 10.9. The summed E-state index contributed by atoms with van der Waals surface area (Å²) in [7, 11) is 0. The number of ether oxygens (including phenoxy) is 1. The zero-order valence-electron chi connectivity index (χ0n) is 9.52. The summed E-state index contributed by atoms with van der Waals surface area (Å²) in [5, 5.41) is 12.4. The molecule has 0 aromatic rings. The van der Waals surface area contributed by atoms with Gasteiger partial charge in [0.25, 0.3) is 0 Å². The van der Waals surface area contributed by atoms with Gasteiger partial charge in [-0.05, 0) is 19.4 Å². The van der Waals surface area contributed by atoms with Crippen molar-refractivity contribution in [2.45, 2.75) is 18.9 Å². The molecular formula is C11H20N2O3. The van der Waals surface area contributed by atoms with Crippen molar-refractivity contribution in [1.29, 1.82) is 0 Å². The minimum atomic E-state index is -0.645. The van der Waals surface area contributed by atoms with E-state index in [4.69, 9.17) is 9.84 Å². The second-order valence-corrected chi connectivity index (χ2v) is 4.62. The molecule has 5 heteroatoms. The van der Waals surface area contributed by atoms with Crippen LogP contribution in [0.25, 0.3) is 0 Å². The number of carboxylic acid groups (broad SMARTS) is 1. The fraction of sp³-hybridized carbons (Fsp3) is 0.909. The van der Waals surface area contributed by atoms with Crippen LogP contribution in [-0.4, -0.2) is 61.4 Å². The first-order valence-corrected chi connectivity index (χ1v) is 6.02. The maximum Gasteiger partial charge on any atom is 0.306 e. The Balaban J connectivity index is 1.78. The van der Waals surface area contributed by atoms with E-state index < -0.39 is 5.97 Å². The van der Waals surface area contributed by atoms with E-state index in [1.807, 2.05) is 0 Å². The van der Waals surface area contributed by atoms with E-state index in [-0.39, 0.29) is 5.92 Å². The van der Waals surface area contributed by atoms with Crippen molar-refractivity contribution in [2.75, 3.05) is 39.4 Å². The number of piperidine rings is 1. The standard InChI is InChI=1S/C11H20N2O3/c14-11(15)9-1-2-12-10(7-9)8-13-3-5-16-6-4-13/h9-10,12H,1-8H2,(H,14,15). The van der Waals surface area contributed by atoms with Gasteiger partial charge in [0.2, 0.25) is 0 Å². The third-order valence-electron chi connectivity index (χ3n) is 3.43. The summed E-state index contributed by atoms with van der Waals surface area (Å²) >= 11 is 0. The first-order chi connectivity index (χ1) is 7.75. The van der Waals surface area contributed by atoms with Gasteiger partial charge in [0.1, 0.15) is 0 Å². The van der Waals surface area contributed by atoms with Crippen LogP contribution in [0.1, 0.15) is 12.8 Å². The first-order valence-electron chi connectivity index (χ1n) is 6.02. The van der Waals surface area contributed by atoms with E-state index in [0.717, 1.165) is 52.2 Å². The van der Waals surface area contributed by atoms with Gasteiger partial charge in [-0.25, -0.2) is 0 Å². The molecule has 0 spiro atoms. The van der Waals surface area contributed by atoms with Gasteiger partial charge in [-0.1, -0.05) is 0 Å². The molecular weight excluding hydrogens is 208 g/mol. The molecule has 0 saturated carbocycles. The van der Waals surface area contributed by atoms with E-state index in [1.165, 1.54) is 0 Å². The number of rotatable bonds is 3. The Hall–Kier alpha value is -0.650. The highest BCUT2D eigenvalue weighted by Crippen LogP contribution is 2.17. The summed E-state index contributed by atoms with van der Waals surface area (Å²) in [6.07, 6.45) is 1.52. The van der Waals surface area contributed by atoms with Crippen LogP contribution < -0.4 is 5.32 Å². The van der Waals surface area contributed by atoms with Crippen molar-refractivity contribution in [2.24, 2.45) is 5.92 Å². The lowest BCUT2D eigenvalue weighted by atomic mass is 9.92. The molecule has 0 aliphatic carbocycles. The SMILES string of the molecule is O=C(O)C1CCNC(CN2CCOCC2)C1. The maximum atomic E-state index is 10.9. The van der Waals surface area contributed by atoms with Crippen molar-refractivity contribution in [3.8, 4) is 0 Å². The lowest BCUT2D eigenvalue weighted by Crippen LogP contribution is -2.49. The van der Waals surface area contributed by atoms with E-state index in [1.54, 1.807) is 0 Å². The number of carboxylic acids is 1. The fourth-order valence-corrected chi connectivity index (χ4v) is 2.47. The molecule has 2 unspecified atom stereocenters. The zero-order chi connectivity index (χ0) is 11.4. The van der Waals surface area contributed by atoms with Crippen molar-refractivity contribution in [3.05, 3.63) is 0 Å². The van der Waals surface area contributed by atoms with E-state index in [2.05, 4.69) is 10.2 Å². The lowest BCUT2D eigenvalue weighted by Gasteiger charge is -2.34. The van der Waals surface area contributed by atoms with Crippen molar-refractivity contribution < 1.29 is 14.6 Å². The lowest BCUT2D eigenvalue weighted by molar-refractivity contribution is -0.143. The Morgan fingerprint density at radius 1 is 1.44 bits per heavy atom. The molecule has 0 aromatic carbocycles. The number of morpholine rings is 1. The average Bonchev–Trinajstić information content (AvgIpc) is 2.30. The highest BCUT2D eigenvalue weighted by Gasteiger charge is 2.27. The average molecular weight is 228 g/mol. The summed E-state index contributed by atoms with van der Waals surface area (Å²) in [6.45, 7) is 5.31. The quantitative estimate of drug-likeness (QED) is 0.699. The third-order valence-corrected chi connectivity index (χ3v) is 3.43.